The minimum absolute atomic E-state index is 0.0361. The van der Waals surface area contributed by atoms with Crippen LogP contribution in [-0.2, 0) is 26.0 Å². The molecule has 1 fully saturated rings. The number of sulfonamides is 1. The number of halogens is 1. The molecule has 2 aliphatic rings. The Bertz CT molecular complexity index is 1440. The van der Waals surface area contributed by atoms with Crippen LogP contribution in [0.15, 0.2) is 42.5 Å². The molecule has 0 bridgehead atoms. The standard InChI is InChI=1S/C28H34FN5O5S/c1-3-38-27(35)17-40(36,37)34-22(8-7-19-5-4-6-20(13-19)28(31)32)14-21-15-26(24(29)16-25(21)34)39-23-9-11-33(12-10-23)18(2)30/h4-8,13,15-16,22-23,30H,3,9-12,14,17H2,1-2H3,(H3,31,32)/b8-7+,30-18?. The lowest BCUT2D eigenvalue weighted by Crippen LogP contribution is -2.40. The number of nitrogens with zero attached hydrogens (tertiary/aromatic N) is 2. The van der Waals surface area contributed by atoms with E-state index in [4.69, 9.17) is 26.0 Å². The van der Waals surface area contributed by atoms with Gasteiger partial charge in [-0.1, -0.05) is 30.4 Å². The average Bonchev–Trinajstić information content (AvgIpc) is 3.26. The predicted molar refractivity (Wildman–Crippen MR) is 152 cm³/mol. The lowest BCUT2D eigenvalue weighted by molar-refractivity contribution is -0.139. The van der Waals surface area contributed by atoms with E-state index in [1.54, 1.807) is 50.3 Å². The zero-order valence-electron chi connectivity index (χ0n) is 22.5. The first-order valence-corrected chi connectivity index (χ1v) is 14.7. The van der Waals surface area contributed by atoms with Gasteiger partial charge in [-0.05, 0) is 43.5 Å². The molecule has 2 aromatic carbocycles. The maximum Gasteiger partial charge on any atom is 0.323 e. The highest BCUT2D eigenvalue weighted by atomic mass is 32.2. The molecule has 0 amide bonds. The second-order valence-corrected chi connectivity index (χ2v) is 11.7. The Labute approximate surface area is 233 Å². The molecule has 1 atom stereocenters. The minimum Gasteiger partial charge on any atom is -0.487 e. The Morgan fingerprint density at radius 2 is 1.93 bits per heavy atom. The van der Waals surface area contributed by atoms with E-state index >= 15 is 4.39 Å². The molecule has 12 heteroatoms. The van der Waals surface area contributed by atoms with E-state index in [0.29, 0.717) is 48.5 Å². The van der Waals surface area contributed by atoms with Crippen LogP contribution in [0.2, 0.25) is 0 Å². The Balaban J connectivity index is 1.63. The highest BCUT2D eigenvalue weighted by molar-refractivity contribution is 7.93. The van der Waals surface area contributed by atoms with E-state index in [-0.39, 0.29) is 36.4 Å². The molecule has 0 saturated carbocycles. The van der Waals surface area contributed by atoms with Crippen LogP contribution in [0.1, 0.15) is 43.4 Å². The molecule has 10 nitrogen and oxygen atoms in total. The largest absolute Gasteiger partial charge is 0.487 e. The molecular formula is C28H34FN5O5S. The molecule has 0 aliphatic carbocycles. The SMILES string of the molecule is CCOC(=O)CS(=O)(=O)N1c2cc(F)c(OC3CCN(C(C)=N)CC3)cc2CC1/C=C/c1cccc(C(=N)N)c1. The molecule has 2 aromatic rings. The van der Waals surface area contributed by atoms with Gasteiger partial charge in [0.05, 0.1) is 24.2 Å². The molecule has 0 radical (unpaired) electrons. The third kappa shape index (κ3) is 6.61. The lowest BCUT2D eigenvalue weighted by Gasteiger charge is -2.33. The van der Waals surface area contributed by atoms with Crippen LogP contribution in [0.5, 0.6) is 5.75 Å². The number of anilines is 1. The summed E-state index contributed by atoms with van der Waals surface area (Å²) in [5, 5.41) is 15.4. The Morgan fingerprint density at radius 3 is 2.58 bits per heavy atom. The van der Waals surface area contributed by atoms with Gasteiger partial charge in [0.25, 0.3) is 0 Å². The maximum absolute atomic E-state index is 15.3. The highest BCUT2D eigenvalue weighted by Crippen LogP contribution is 2.40. The molecule has 0 aromatic heterocycles. The van der Waals surface area contributed by atoms with Crippen molar-refractivity contribution in [2.24, 2.45) is 5.73 Å². The van der Waals surface area contributed by atoms with Gasteiger partial charge in [-0.2, -0.15) is 0 Å². The summed E-state index contributed by atoms with van der Waals surface area (Å²) in [6.07, 6.45) is 4.67. The van der Waals surface area contributed by atoms with Crippen molar-refractivity contribution in [1.82, 2.24) is 4.90 Å². The lowest BCUT2D eigenvalue weighted by atomic mass is 10.1. The van der Waals surface area contributed by atoms with E-state index < -0.39 is 33.6 Å². The monoisotopic (exact) mass is 571 g/mol. The highest BCUT2D eigenvalue weighted by Gasteiger charge is 2.39. The number of hydrogen-bond donors (Lipinski definition) is 3. The van der Waals surface area contributed by atoms with Crippen molar-refractivity contribution in [1.29, 1.82) is 10.8 Å². The number of amidine groups is 2. The van der Waals surface area contributed by atoms with E-state index in [9.17, 15) is 13.2 Å². The number of carbonyl (C=O) groups excluding carboxylic acids is 1. The third-order valence-corrected chi connectivity index (χ3v) is 8.59. The first kappa shape index (κ1) is 29.1. The molecule has 2 heterocycles. The summed E-state index contributed by atoms with van der Waals surface area (Å²) in [6, 6.07) is 8.88. The summed E-state index contributed by atoms with van der Waals surface area (Å²) < 4.78 is 54.1. The van der Waals surface area contributed by atoms with E-state index in [0.717, 1.165) is 10.4 Å². The van der Waals surface area contributed by atoms with Gasteiger partial charge < -0.3 is 20.1 Å². The van der Waals surface area contributed by atoms with Crippen LogP contribution >= 0.6 is 0 Å². The van der Waals surface area contributed by atoms with Gasteiger partial charge in [0.2, 0.25) is 10.0 Å². The third-order valence-electron chi connectivity index (χ3n) is 6.92. The van der Waals surface area contributed by atoms with Crippen LogP contribution in [0.25, 0.3) is 6.08 Å². The van der Waals surface area contributed by atoms with Gasteiger partial charge in [0, 0.05) is 37.6 Å². The average molecular weight is 572 g/mol. The summed E-state index contributed by atoms with van der Waals surface area (Å²) >= 11 is 0. The number of esters is 1. The van der Waals surface area contributed by atoms with E-state index in [2.05, 4.69) is 0 Å². The van der Waals surface area contributed by atoms with Crippen molar-refractivity contribution in [2.75, 3.05) is 29.8 Å². The fraction of sp³-hybridized carbons (Fsp3) is 0.393. The van der Waals surface area contributed by atoms with Crippen LogP contribution in [-0.4, -0.2) is 68.6 Å². The molecule has 1 saturated heterocycles. The smallest absolute Gasteiger partial charge is 0.323 e. The van der Waals surface area contributed by atoms with Gasteiger partial charge >= 0.3 is 5.97 Å². The van der Waals surface area contributed by atoms with Crippen LogP contribution < -0.4 is 14.8 Å². The number of likely N-dealkylation sites (tertiary alicyclic amines) is 1. The van der Waals surface area contributed by atoms with Crippen molar-refractivity contribution in [3.63, 3.8) is 0 Å². The normalized spacial score (nSPS) is 17.6. The van der Waals surface area contributed by atoms with Crippen molar-refractivity contribution < 1.29 is 27.1 Å². The number of nitrogens with one attached hydrogen (secondary N) is 2. The summed E-state index contributed by atoms with van der Waals surface area (Å²) in [4.78, 5) is 14.1. The summed E-state index contributed by atoms with van der Waals surface area (Å²) in [5.41, 5.74) is 7.54. The predicted octanol–water partition coefficient (Wildman–Crippen LogP) is 3.29. The number of nitrogen functional groups attached to an aromatic ring is 1. The van der Waals surface area contributed by atoms with Gasteiger partial charge in [-0.25, -0.2) is 12.8 Å². The second kappa shape index (κ2) is 12.1. The minimum atomic E-state index is -4.22. The number of benzene rings is 2. The fourth-order valence-corrected chi connectivity index (χ4v) is 6.52. The second-order valence-electron chi connectivity index (χ2n) is 9.83. The number of fused-ring (bicyclic) bond motifs is 1. The fourth-order valence-electron chi connectivity index (χ4n) is 4.97. The van der Waals surface area contributed by atoms with Crippen molar-refractivity contribution in [3.05, 3.63) is 65.0 Å². The zero-order valence-corrected chi connectivity index (χ0v) is 23.3. The van der Waals surface area contributed by atoms with Crippen LogP contribution in [0.4, 0.5) is 10.1 Å². The number of rotatable bonds is 9. The van der Waals surface area contributed by atoms with Gasteiger partial charge in [-0.15, -0.1) is 0 Å². The topological polar surface area (TPSA) is 150 Å². The Morgan fingerprint density at radius 1 is 1.20 bits per heavy atom. The first-order chi connectivity index (χ1) is 19.0. The Kier molecular flexibility index (Phi) is 8.77. The summed E-state index contributed by atoms with van der Waals surface area (Å²) in [6.45, 7) is 4.64. The van der Waals surface area contributed by atoms with Crippen molar-refractivity contribution in [3.8, 4) is 5.75 Å². The van der Waals surface area contributed by atoms with Crippen molar-refractivity contribution >= 4 is 39.4 Å². The van der Waals surface area contributed by atoms with E-state index in [1.807, 2.05) is 4.90 Å². The summed E-state index contributed by atoms with van der Waals surface area (Å²) in [7, 11) is -4.22. The summed E-state index contributed by atoms with van der Waals surface area (Å²) in [5.74, 6) is -2.03. The maximum atomic E-state index is 15.3. The molecular weight excluding hydrogens is 537 g/mol. The first-order valence-electron chi connectivity index (χ1n) is 13.1. The van der Waals surface area contributed by atoms with Crippen LogP contribution in [0.3, 0.4) is 0 Å². The molecule has 0 spiro atoms. The number of piperidine rings is 1. The van der Waals surface area contributed by atoms with E-state index in [1.165, 1.54) is 6.07 Å². The van der Waals surface area contributed by atoms with Crippen molar-refractivity contribution in [2.45, 2.75) is 45.3 Å². The van der Waals surface area contributed by atoms with Gasteiger partial charge in [-0.3, -0.25) is 19.9 Å². The van der Waals surface area contributed by atoms with Gasteiger partial charge in [0.1, 0.15) is 11.9 Å². The molecule has 40 heavy (non-hydrogen) atoms. The number of ether oxygens (including phenoxy) is 2. The zero-order chi connectivity index (χ0) is 29.0. The van der Waals surface area contributed by atoms with Gasteiger partial charge in [0.15, 0.2) is 17.3 Å². The Hall–Kier alpha value is -3.93. The number of nitrogens with two attached hydrogens (primary N) is 1. The number of carbonyl (C=O) groups is 1. The molecule has 2 aliphatic heterocycles. The quantitative estimate of drug-likeness (QED) is 0.237. The van der Waals surface area contributed by atoms with Crippen LogP contribution in [0, 0.1) is 16.6 Å². The molecule has 4 N–H and O–H groups in total. The molecule has 1 unspecified atom stereocenters. The molecule has 214 valence electrons. The molecule has 4 rings (SSSR count). The number of hydrogen-bond acceptors (Lipinski definition) is 7.